The minimum atomic E-state index is -4.74. The van der Waals surface area contributed by atoms with Gasteiger partial charge in [-0.1, -0.05) is 37.3 Å². The minimum absolute atomic E-state index is 0.0754. The van der Waals surface area contributed by atoms with Crippen molar-refractivity contribution in [3.05, 3.63) is 77.5 Å². The van der Waals surface area contributed by atoms with Gasteiger partial charge in [-0.3, -0.25) is 4.79 Å². The van der Waals surface area contributed by atoms with E-state index < -0.39 is 18.4 Å². The highest BCUT2D eigenvalue weighted by molar-refractivity contribution is 5.67. The van der Waals surface area contributed by atoms with Gasteiger partial charge in [0.15, 0.2) is 0 Å². The van der Waals surface area contributed by atoms with Gasteiger partial charge in [0.05, 0.1) is 19.6 Å². The van der Waals surface area contributed by atoms with E-state index in [0.717, 1.165) is 28.9 Å². The third kappa shape index (κ3) is 8.86. The van der Waals surface area contributed by atoms with Crippen molar-refractivity contribution in [2.75, 3.05) is 6.61 Å². The summed E-state index contributed by atoms with van der Waals surface area (Å²) in [5, 5.41) is 8.85. The van der Waals surface area contributed by atoms with Gasteiger partial charge in [-0.25, -0.2) is 0 Å². The number of nitrogens with zero attached hydrogens (tertiary/aromatic N) is 1. The number of alkyl halides is 3. The Balaban J connectivity index is 1.77. The zero-order chi connectivity index (χ0) is 27.0. The second-order valence-electron chi connectivity index (χ2n) is 9.23. The number of hydrogen-bond donors (Lipinski definition) is 2. The number of aliphatic carboxylic acids is 1. The number of ether oxygens (including phenoxy) is 2. The Morgan fingerprint density at radius 3 is 2.57 bits per heavy atom. The van der Waals surface area contributed by atoms with Crippen molar-refractivity contribution in [3.63, 3.8) is 0 Å². The lowest BCUT2D eigenvalue weighted by atomic mass is 10.1. The van der Waals surface area contributed by atoms with Crippen molar-refractivity contribution in [2.24, 2.45) is 11.7 Å². The van der Waals surface area contributed by atoms with E-state index in [1.807, 2.05) is 31.2 Å². The molecule has 1 unspecified atom stereocenters. The van der Waals surface area contributed by atoms with Crippen molar-refractivity contribution >= 4 is 11.7 Å². The van der Waals surface area contributed by atoms with E-state index in [9.17, 15) is 18.0 Å². The van der Waals surface area contributed by atoms with E-state index in [4.69, 9.17) is 15.6 Å². The highest BCUT2D eigenvalue weighted by Crippen LogP contribution is 2.34. The smallest absolute Gasteiger partial charge is 0.493 e. The van der Waals surface area contributed by atoms with Crippen LogP contribution in [0.15, 0.2) is 66.4 Å². The van der Waals surface area contributed by atoms with Gasteiger partial charge in [0, 0.05) is 23.0 Å². The fourth-order valence-corrected chi connectivity index (χ4v) is 4.28. The van der Waals surface area contributed by atoms with Crippen molar-refractivity contribution in [1.29, 1.82) is 0 Å². The lowest BCUT2D eigenvalue weighted by Gasteiger charge is -2.29. The second kappa shape index (κ2) is 12.7. The predicted molar refractivity (Wildman–Crippen MR) is 136 cm³/mol. The van der Waals surface area contributed by atoms with Gasteiger partial charge in [-0.15, -0.1) is 13.2 Å². The molecule has 2 aromatic rings. The first-order valence-electron chi connectivity index (χ1n) is 12.2. The molecular formula is C28H33F3N2O4. The maximum atomic E-state index is 12.6. The Hall–Kier alpha value is -3.46. The van der Waals surface area contributed by atoms with Gasteiger partial charge in [-0.2, -0.15) is 0 Å². The zero-order valence-electron chi connectivity index (χ0n) is 21.0. The molecule has 37 heavy (non-hydrogen) atoms. The quantitative estimate of drug-likeness (QED) is 0.338. The summed E-state index contributed by atoms with van der Waals surface area (Å²) < 4.78 is 47.9. The summed E-state index contributed by atoms with van der Waals surface area (Å²) in [6.45, 7) is 5.04. The molecular weight excluding hydrogens is 485 g/mol. The summed E-state index contributed by atoms with van der Waals surface area (Å²) in [7, 11) is 0. The first-order valence-corrected chi connectivity index (χ1v) is 12.2. The number of benzene rings is 2. The largest absolute Gasteiger partial charge is 0.573 e. The first kappa shape index (κ1) is 28.1. The number of carbonyl (C=O) groups is 1. The monoisotopic (exact) mass is 518 g/mol. The molecule has 0 fully saturated rings. The topological polar surface area (TPSA) is 85.0 Å². The molecule has 1 heterocycles. The number of rotatable bonds is 11. The molecule has 2 atom stereocenters. The predicted octanol–water partition coefficient (Wildman–Crippen LogP) is 6.33. The van der Waals surface area contributed by atoms with Crippen LogP contribution in [-0.2, 0) is 11.3 Å². The van der Waals surface area contributed by atoms with Crippen LogP contribution in [0.4, 0.5) is 13.2 Å². The van der Waals surface area contributed by atoms with E-state index in [2.05, 4.69) is 28.7 Å². The lowest BCUT2D eigenvalue weighted by Crippen LogP contribution is -2.24. The third-order valence-corrected chi connectivity index (χ3v) is 6.02. The molecule has 0 spiro atoms. The van der Waals surface area contributed by atoms with Gasteiger partial charge in [0.2, 0.25) is 0 Å². The van der Waals surface area contributed by atoms with E-state index >= 15 is 0 Å². The molecule has 0 amide bonds. The highest BCUT2D eigenvalue weighted by atomic mass is 19.4. The summed E-state index contributed by atoms with van der Waals surface area (Å²) in [5.41, 5.74) is 9.49. The number of allylic oxidation sites excluding steroid dienone is 3. The van der Waals surface area contributed by atoms with Crippen LogP contribution in [0.25, 0.3) is 5.70 Å². The minimum Gasteiger partial charge on any atom is -0.493 e. The molecule has 2 aromatic carbocycles. The average molecular weight is 519 g/mol. The Morgan fingerprint density at radius 2 is 1.89 bits per heavy atom. The Morgan fingerprint density at radius 1 is 1.19 bits per heavy atom. The molecule has 0 saturated carbocycles. The van der Waals surface area contributed by atoms with E-state index in [1.54, 1.807) is 12.1 Å². The van der Waals surface area contributed by atoms with Crippen LogP contribution >= 0.6 is 0 Å². The summed E-state index contributed by atoms with van der Waals surface area (Å²) in [6.07, 6.45) is 1.42. The summed E-state index contributed by atoms with van der Waals surface area (Å²) in [6, 6.07) is 13.2. The summed E-state index contributed by atoms with van der Waals surface area (Å²) in [5.74, 6) is -0.165. The zero-order valence-corrected chi connectivity index (χ0v) is 21.0. The molecule has 1 aliphatic rings. The first-order chi connectivity index (χ1) is 17.5. The molecule has 0 aliphatic carbocycles. The second-order valence-corrected chi connectivity index (χ2v) is 9.23. The number of nitrogens with two attached hydrogens (primary N) is 1. The molecule has 9 heteroatoms. The van der Waals surface area contributed by atoms with E-state index in [1.165, 1.54) is 12.1 Å². The number of carboxylic acids is 1. The summed E-state index contributed by atoms with van der Waals surface area (Å²) in [4.78, 5) is 12.9. The molecule has 0 saturated heterocycles. The lowest BCUT2D eigenvalue weighted by molar-refractivity contribution is -0.274. The molecule has 1 aliphatic heterocycles. The van der Waals surface area contributed by atoms with Gasteiger partial charge >= 0.3 is 12.3 Å². The van der Waals surface area contributed by atoms with E-state index in [-0.39, 0.29) is 12.2 Å². The van der Waals surface area contributed by atoms with Crippen LogP contribution in [0.1, 0.15) is 50.7 Å². The highest BCUT2D eigenvalue weighted by Gasteiger charge is 2.31. The van der Waals surface area contributed by atoms with Crippen LogP contribution in [0.5, 0.6) is 11.5 Å². The average Bonchev–Trinajstić information content (AvgIpc) is 2.94. The molecule has 0 radical (unpaired) electrons. The molecule has 0 bridgehead atoms. The SMILES string of the molecule is CC1=CC(C)CC=C(c2ccc(OC(F)(F)F)cc2)N1Cc1ccccc1OCCC[C@@H](N)CC(=O)O. The Bertz CT molecular complexity index is 1110. The van der Waals surface area contributed by atoms with Crippen LogP contribution < -0.4 is 15.2 Å². The van der Waals surface area contributed by atoms with E-state index in [0.29, 0.717) is 37.7 Å². The van der Waals surface area contributed by atoms with Crippen LogP contribution in [0.3, 0.4) is 0 Å². The van der Waals surface area contributed by atoms with Gasteiger partial charge in [-0.05, 0) is 68.0 Å². The standard InChI is InChI=1S/C28H33F3N2O4/c1-19-9-14-25(21-10-12-24(13-11-21)37-28(29,30)31)33(20(2)16-19)18-22-6-3-4-8-26(22)36-15-5-7-23(32)17-27(34)35/h3-4,6,8,10-14,16,19,23H,5,7,9,15,17-18,32H2,1-2H3,(H,34,35)/t19?,23-/m1/s1. The Labute approximate surface area is 215 Å². The molecule has 200 valence electrons. The maximum Gasteiger partial charge on any atom is 0.573 e. The van der Waals surface area contributed by atoms with Crippen molar-refractivity contribution in [2.45, 2.75) is 58.5 Å². The Kier molecular flexibility index (Phi) is 9.63. The summed E-state index contributed by atoms with van der Waals surface area (Å²) >= 11 is 0. The third-order valence-electron chi connectivity index (χ3n) is 6.02. The molecule has 3 N–H and O–H groups in total. The fraction of sp³-hybridized carbons (Fsp3) is 0.393. The number of hydrogen-bond acceptors (Lipinski definition) is 5. The maximum absolute atomic E-state index is 12.6. The number of halogens is 3. The molecule has 6 nitrogen and oxygen atoms in total. The normalized spacial score (nSPS) is 16.9. The van der Waals surface area contributed by atoms with Gasteiger partial charge < -0.3 is 25.2 Å². The van der Waals surface area contributed by atoms with Crippen LogP contribution in [-0.4, -0.2) is 35.0 Å². The van der Waals surface area contributed by atoms with Crippen molar-refractivity contribution in [3.8, 4) is 11.5 Å². The molecule has 3 rings (SSSR count). The van der Waals surface area contributed by atoms with Crippen LogP contribution in [0.2, 0.25) is 0 Å². The number of para-hydroxylation sites is 1. The van der Waals surface area contributed by atoms with Crippen LogP contribution in [0, 0.1) is 5.92 Å². The molecule has 0 aromatic heterocycles. The number of carboxylic acid groups (broad SMARTS) is 1. The van der Waals surface area contributed by atoms with Gasteiger partial charge in [0.25, 0.3) is 0 Å². The van der Waals surface area contributed by atoms with Crippen molar-refractivity contribution < 1.29 is 32.5 Å². The van der Waals surface area contributed by atoms with Crippen molar-refractivity contribution in [1.82, 2.24) is 4.90 Å². The van der Waals surface area contributed by atoms with Gasteiger partial charge in [0.1, 0.15) is 11.5 Å². The fourth-order valence-electron chi connectivity index (χ4n) is 4.28.